The van der Waals surface area contributed by atoms with E-state index < -0.39 is 9.84 Å². The van der Waals surface area contributed by atoms with Crippen molar-refractivity contribution in [2.24, 2.45) is 0 Å². The van der Waals surface area contributed by atoms with Crippen molar-refractivity contribution in [2.45, 2.75) is 10.6 Å². The number of pyridine rings is 1. The Morgan fingerprint density at radius 2 is 1.95 bits per heavy atom. The van der Waals surface area contributed by atoms with Gasteiger partial charge in [0.05, 0.1) is 29.3 Å². The van der Waals surface area contributed by atoms with Crippen LogP contribution in [0.4, 0.5) is 5.69 Å². The lowest BCUT2D eigenvalue weighted by atomic mass is 10.3. The standard InChI is InChI=1S/C13H13ClN2O3S/c1-19-12-7-2-4-9(16-12)8-20(17,18)13-10(14)5-3-6-11(13)15/h2-7H,8,15H2,1H3. The molecule has 7 heteroatoms. The van der Waals surface area contributed by atoms with Gasteiger partial charge in [-0.05, 0) is 18.2 Å². The van der Waals surface area contributed by atoms with Crippen molar-refractivity contribution >= 4 is 27.1 Å². The van der Waals surface area contributed by atoms with Crippen LogP contribution in [0, 0.1) is 0 Å². The maximum atomic E-state index is 12.4. The van der Waals surface area contributed by atoms with Gasteiger partial charge in [-0.1, -0.05) is 23.7 Å². The van der Waals surface area contributed by atoms with Crippen LogP contribution in [0.3, 0.4) is 0 Å². The van der Waals surface area contributed by atoms with Gasteiger partial charge in [0.1, 0.15) is 4.90 Å². The van der Waals surface area contributed by atoms with Gasteiger partial charge in [-0.15, -0.1) is 0 Å². The van der Waals surface area contributed by atoms with Crippen molar-refractivity contribution in [2.75, 3.05) is 12.8 Å². The van der Waals surface area contributed by atoms with Crippen molar-refractivity contribution in [1.82, 2.24) is 4.98 Å². The topological polar surface area (TPSA) is 82.3 Å². The number of nitrogens with zero attached hydrogens (tertiary/aromatic N) is 1. The minimum absolute atomic E-state index is 0.0636. The quantitative estimate of drug-likeness (QED) is 0.876. The summed E-state index contributed by atoms with van der Waals surface area (Å²) in [6, 6.07) is 9.50. The predicted octanol–water partition coefficient (Wildman–Crippen LogP) is 2.30. The Labute approximate surface area is 122 Å². The largest absolute Gasteiger partial charge is 0.481 e. The summed E-state index contributed by atoms with van der Waals surface area (Å²) in [7, 11) is -2.21. The van der Waals surface area contributed by atoms with Crippen LogP contribution in [0.1, 0.15) is 5.69 Å². The number of methoxy groups -OCH3 is 1. The average molecular weight is 313 g/mol. The number of hydrogen-bond acceptors (Lipinski definition) is 5. The van der Waals surface area contributed by atoms with E-state index >= 15 is 0 Å². The maximum absolute atomic E-state index is 12.4. The van der Waals surface area contributed by atoms with E-state index in [2.05, 4.69) is 4.98 Å². The third-order valence-electron chi connectivity index (χ3n) is 2.64. The van der Waals surface area contributed by atoms with E-state index in [1.54, 1.807) is 24.3 Å². The van der Waals surface area contributed by atoms with Crippen molar-refractivity contribution in [3.63, 3.8) is 0 Å². The summed E-state index contributed by atoms with van der Waals surface area (Å²) in [5.74, 6) is 0.0582. The van der Waals surface area contributed by atoms with Crippen LogP contribution >= 0.6 is 11.6 Å². The molecule has 5 nitrogen and oxygen atoms in total. The van der Waals surface area contributed by atoms with Gasteiger partial charge in [0, 0.05) is 6.07 Å². The van der Waals surface area contributed by atoms with E-state index in [1.807, 2.05) is 0 Å². The molecule has 0 amide bonds. The molecule has 0 unspecified atom stereocenters. The molecule has 2 aromatic rings. The number of sulfone groups is 1. The highest BCUT2D eigenvalue weighted by molar-refractivity contribution is 7.91. The number of nitrogen functional groups attached to an aromatic ring is 1. The monoisotopic (exact) mass is 312 g/mol. The summed E-state index contributed by atoms with van der Waals surface area (Å²) in [4.78, 5) is 4.01. The highest BCUT2D eigenvalue weighted by Gasteiger charge is 2.22. The van der Waals surface area contributed by atoms with Crippen LogP contribution < -0.4 is 10.5 Å². The molecule has 106 valence electrons. The van der Waals surface area contributed by atoms with Gasteiger partial charge >= 0.3 is 0 Å². The fourth-order valence-corrected chi connectivity index (χ4v) is 3.79. The second-order valence-corrected chi connectivity index (χ2v) is 6.42. The first-order chi connectivity index (χ1) is 9.44. The van der Waals surface area contributed by atoms with Crippen molar-refractivity contribution < 1.29 is 13.2 Å². The van der Waals surface area contributed by atoms with E-state index in [1.165, 1.54) is 19.2 Å². The molecule has 1 heterocycles. The molecule has 0 aliphatic heterocycles. The summed E-state index contributed by atoms with van der Waals surface area (Å²) < 4.78 is 29.8. The van der Waals surface area contributed by atoms with Gasteiger partial charge in [-0.2, -0.15) is 0 Å². The van der Waals surface area contributed by atoms with Gasteiger partial charge < -0.3 is 10.5 Å². The normalized spacial score (nSPS) is 11.3. The summed E-state index contributed by atoms with van der Waals surface area (Å²) >= 11 is 5.93. The molecule has 2 rings (SSSR count). The van der Waals surface area contributed by atoms with Crippen LogP contribution in [-0.2, 0) is 15.6 Å². The highest BCUT2D eigenvalue weighted by Crippen LogP contribution is 2.29. The number of benzene rings is 1. The molecule has 20 heavy (non-hydrogen) atoms. The van der Waals surface area contributed by atoms with Crippen molar-refractivity contribution in [3.8, 4) is 5.88 Å². The predicted molar refractivity (Wildman–Crippen MR) is 77.5 cm³/mol. The summed E-state index contributed by atoms with van der Waals surface area (Å²) in [6.45, 7) is 0. The Morgan fingerprint density at radius 1 is 1.25 bits per heavy atom. The Kier molecular flexibility index (Phi) is 4.15. The lowest BCUT2D eigenvalue weighted by molar-refractivity contribution is 0.396. The Balaban J connectivity index is 2.41. The zero-order valence-electron chi connectivity index (χ0n) is 10.7. The smallest absolute Gasteiger partial charge is 0.213 e. The molecule has 0 saturated carbocycles. The molecule has 0 fully saturated rings. The zero-order valence-corrected chi connectivity index (χ0v) is 12.3. The highest BCUT2D eigenvalue weighted by atomic mass is 35.5. The molecule has 0 bridgehead atoms. The number of hydrogen-bond donors (Lipinski definition) is 1. The molecule has 2 N–H and O–H groups in total. The minimum atomic E-state index is -3.67. The Hall–Kier alpha value is -1.79. The number of ether oxygens (including phenoxy) is 1. The third-order valence-corrected chi connectivity index (χ3v) is 4.82. The molecular formula is C13H13ClN2O3S. The van der Waals surface area contributed by atoms with Crippen LogP contribution in [-0.4, -0.2) is 20.5 Å². The first kappa shape index (κ1) is 14.6. The number of nitrogens with two attached hydrogens (primary N) is 1. The second-order valence-electron chi connectivity index (χ2n) is 4.09. The lowest BCUT2D eigenvalue weighted by Crippen LogP contribution is -2.10. The first-order valence-corrected chi connectivity index (χ1v) is 7.74. The van der Waals surface area contributed by atoms with Crippen molar-refractivity contribution in [3.05, 3.63) is 47.1 Å². The number of aromatic nitrogens is 1. The van der Waals surface area contributed by atoms with Crippen LogP contribution in [0.25, 0.3) is 0 Å². The molecule has 0 aliphatic rings. The fourth-order valence-electron chi connectivity index (χ4n) is 1.77. The molecule has 0 radical (unpaired) electrons. The van der Waals surface area contributed by atoms with E-state index in [-0.39, 0.29) is 21.4 Å². The van der Waals surface area contributed by atoms with Gasteiger partial charge in [-0.3, -0.25) is 0 Å². The zero-order chi connectivity index (χ0) is 14.8. The molecule has 0 aliphatic carbocycles. The Bertz CT molecular complexity index is 712. The molecule has 1 aromatic carbocycles. The fraction of sp³-hybridized carbons (Fsp3) is 0.154. The molecule has 0 spiro atoms. The third kappa shape index (κ3) is 3.02. The number of rotatable bonds is 4. The molecular weight excluding hydrogens is 300 g/mol. The summed E-state index contributed by atoms with van der Waals surface area (Å²) in [5, 5.41) is 0.105. The number of anilines is 1. The van der Waals surface area contributed by atoms with Gasteiger partial charge in [0.15, 0.2) is 9.84 Å². The SMILES string of the molecule is COc1cccc(CS(=O)(=O)c2c(N)cccc2Cl)n1. The Morgan fingerprint density at radius 3 is 2.60 bits per heavy atom. The van der Waals surface area contributed by atoms with E-state index in [4.69, 9.17) is 22.1 Å². The van der Waals surface area contributed by atoms with Crippen LogP contribution in [0.5, 0.6) is 5.88 Å². The minimum Gasteiger partial charge on any atom is -0.481 e. The van der Waals surface area contributed by atoms with Gasteiger partial charge in [0.25, 0.3) is 0 Å². The molecule has 0 saturated heterocycles. The summed E-state index contributed by atoms with van der Waals surface area (Å²) in [6.07, 6.45) is 0. The second kappa shape index (κ2) is 5.68. The number of halogens is 1. The van der Waals surface area contributed by atoms with Crippen LogP contribution in [0.15, 0.2) is 41.3 Å². The molecule has 1 aromatic heterocycles. The average Bonchev–Trinajstić information content (AvgIpc) is 2.37. The van der Waals surface area contributed by atoms with E-state index in [0.717, 1.165) is 0 Å². The van der Waals surface area contributed by atoms with Gasteiger partial charge in [0.2, 0.25) is 5.88 Å². The van der Waals surface area contributed by atoms with Crippen LogP contribution in [0.2, 0.25) is 5.02 Å². The molecule has 0 atom stereocenters. The maximum Gasteiger partial charge on any atom is 0.213 e. The summed E-state index contributed by atoms with van der Waals surface area (Å²) in [5.41, 5.74) is 6.20. The first-order valence-electron chi connectivity index (χ1n) is 5.70. The van der Waals surface area contributed by atoms with Crippen molar-refractivity contribution in [1.29, 1.82) is 0 Å². The van der Waals surface area contributed by atoms with E-state index in [0.29, 0.717) is 11.6 Å². The van der Waals surface area contributed by atoms with E-state index in [9.17, 15) is 8.42 Å². The van der Waals surface area contributed by atoms with Gasteiger partial charge in [-0.25, -0.2) is 13.4 Å². The lowest BCUT2D eigenvalue weighted by Gasteiger charge is -2.09.